The first-order chi connectivity index (χ1) is 15.5. The smallest absolute Gasteiger partial charge is 0.408 e. The Kier molecular flexibility index (Phi) is 8.74. The molecule has 8 nitrogen and oxygen atoms in total. The van der Waals surface area contributed by atoms with Crippen LogP contribution in [0.5, 0.6) is 11.5 Å². The van der Waals surface area contributed by atoms with Gasteiger partial charge in [-0.1, -0.05) is 30.3 Å². The molecule has 2 amide bonds. The molecule has 0 bridgehead atoms. The van der Waals surface area contributed by atoms with Crippen LogP contribution in [0.2, 0.25) is 0 Å². The normalized spacial score (nSPS) is 15.0. The number of nitrogens with one attached hydrogen (secondary N) is 1. The molecule has 1 saturated heterocycles. The minimum atomic E-state index is -0.636. The topological polar surface area (TPSA) is 80.3 Å². The van der Waals surface area contributed by atoms with Crippen LogP contribution in [0.3, 0.4) is 0 Å². The molecule has 1 aliphatic rings. The molecule has 2 aromatic rings. The van der Waals surface area contributed by atoms with Gasteiger partial charge in [-0.2, -0.15) is 0 Å². The number of benzene rings is 2. The number of hydrogen-bond donors (Lipinski definition) is 1. The van der Waals surface area contributed by atoms with E-state index in [-0.39, 0.29) is 12.5 Å². The van der Waals surface area contributed by atoms with Gasteiger partial charge in [0.1, 0.15) is 30.8 Å². The number of rotatable bonds is 9. The van der Waals surface area contributed by atoms with Crippen LogP contribution in [0.4, 0.5) is 4.79 Å². The molecule has 8 heteroatoms. The van der Waals surface area contributed by atoms with Gasteiger partial charge in [-0.3, -0.25) is 9.69 Å². The highest BCUT2D eigenvalue weighted by Gasteiger charge is 2.26. The number of methoxy groups -OCH3 is 1. The number of amides is 2. The average molecular weight is 442 g/mol. The lowest BCUT2D eigenvalue weighted by molar-refractivity contribution is -0.134. The van der Waals surface area contributed by atoms with E-state index in [0.717, 1.165) is 36.7 Å². The van der Waals surface area contributed by atoms with Gasteiger partial charge in [0.15, 0.2) is 0 Å². The average Bonchev–Trinajstić information content (AvgIpc) is 2.84. The maximum Gasteiger partial charge on any atom is 0.408 e. The summed E-state index contributed by atoms with van der Waals surface area (Å²) in [5.74, 6) is 1.50. The molecule has 1 aliphatic heterocycles. The van der Waals surface area contributed by atoms with Gasteiger partial charge in [0.05, 0.1) is 7.11 Å². The van der Waals surface area contributed by atoms with Crippen molar-refractivity contribution in [1.82, 2.24) is 15.1 Å². The molecule has 2 aromatic carbocycles. The van der Waals surface area contributed by atoms with Gasteiger partial charge in [-0.25, -0.2) is 4.79 Å². The quantitative estimate of drug-likeness (QED) is 0.644. The van der Waals surface area contributed by atoms with Crippen LogP contribution in [-0.4, -0.2) is 74.3 Å². The fourth-order valence-electron chi connectivity index (χ4n) is 3.43. The first kappa shape index (κ1) is 23.4. The third kappa shape index (κ3) is 7.16. The lowest BCUT2D eigenvalue weighted by atomic mass is 10.2. The molecule has 1 N–H and O–H groups in total. The number of hydrogen-bond acceptors (Lipinski definition) is 6. The number of carbonyl (C=O) groups is 2. The van der Waals surface area contributed by atoms with E-state index >= 15 is 0 Å². The van der Waals surface area contributed by atoms with Crippen LogP contribution in [0.25, 0.3) is 0 Å². The Hall–Kier alpha value is -3.26. The van der Waals surface area contributed by atoms with Gasteiger partial charge in [0.2, 0.25) is 5.91 Å². The van der Waals surface area contributed by atoms with E-state index < -0.39 is 12.1 Å². The van der Waals surface area contributed by atoms with Crippen molar-refractivity contribution in [3.8, 4) is 11.5 Å². The third-order valence-electron chi connectivity index (χ3n) is 5.34. The van der Waals surface area contributed by atoms with Crippen LogP contribution in [0.15, 0.2) is 54.6 Å². The molecule has 32 heavy (non-hydrogen) atoms. The zero-order valence-electron chi connectivity index (χ0n) is 18.7. The Morgan fingerprint density at radius 3 is 2.28 bits per heavy atom. The van der Waals surface area contributed by atoms with E-state index in [1.807, 2.05) is 54.6 Å². The molecule has 1 fully saturated rings. The summed E-state index contributed by atoms with van der Waals surface area (Å²) in [6.45, 7) is 5.98. The first-order valence-corrected chi connectivity index (χ1v) is 10.8. The van der Waals surface area contributed by atoms with Crippen LogP contribution < -0.4 is 14.8 Å². The van der Waals surface area contributed by atoms with Crippen molar-refractivity contribution in [3.63, 3.8) is 0 Å². The van der Waals surface area contributed by atoms with Gasteiger partial charge in [0.25, 0.3) is 0 Å². The van der Waals surface area contributed by atoms with Crippen molar-refractivity contribution < 1.29 is 23.8 Å². The maximum absolute atomic E-state index is 12.7. The zero-order chi connectivity index (χ0) is 22.8. The predicted octanol–water partition coefficient (Wildman–Crippen LogP) is 2.53. The summed E-state index contributed by atoms with van der Waals surface area (Å²) in [4.78, 5) is 28.7. The predicted molar refractivity (Wildman–Crippen MR) is 121 cm³/mol. The largest absolute Gasteiger partial charge is 0.497 e. The summed E-state index contributed by atoms with van der Waals surface area (Å²) in [5.41, 5.74) is 0.897. The highest BCUT2D eigenvalue weighted by atomic mass is 16.5. The second kappa shape index (κ2) is 12.0. The molecule has 1 heterocycles. The fourth-order valence-corrected chi connectivity index (χ4v) is 3.43. The van der Waals surface area contributed by atoms with E-state index in [1.54, 1.807) is 18.9 Å². The summed E-state index contributed by atoms with van der Waals surface area (Å²) in [5, 5.41) is 2.62. The summed E-state index contributed by atoms with van der Waals surface area (Å²) >= 11 is 0. The Bertz CT molecular complexity index is 852. The van der Waals surface area contributed by atoms with Crippen molar-refractivity contribution in [2.75, 3.05) is 46.4 Å². The summed E-state index contributed by atoms with van der Waals surface area (Å²) in [6.07, 6.45) is -0.594. The number of piperazine rings is 1. The van der Waals surface area contributed by atoms with E-state index in [2.05, 4.69) is 10.2 Å². The van der Waals surface area contributed by atoms with Crippen molar-refractivity contribution in [3.05, 3.63) is 60.2 Å². The first-order valence-electron chi connectivity index (χ1n) is 10.8. The third-order valence-corrected chi connectivity index (χ3v) is 5.34. The molecule has 0 aliphatic carbocycles. The second-order valence-electron chi connectivity index (χ2n) is 7.62. The minimum absolute atomic E-state index is 0.101. The van der Waals surface area contributed by atoms with Crippen molar-refractivity contribution in [1.29, 1.82) is 0 Å². The van der Waals surface area contributed by atoms with Crippen molar-refractivity contribution in [2.24, 2.45) is 0 Å². The van der Waals surface area contributed by atoms with Gasteiger partial charge in [-0.05, 0) is 36.8 Å². The number of alkyl carbamates (subject to hydrolysis) is 1. The zero-order valence-corrected chi connectivity index (χ0v) is 18.7. The van der Waals surface area contributed by atoms with Gasteiger partial charge >= 0.3 is 6.09 Å². The molecule has 0 aromatic heterocycles. The lowest BCUT2D eigenvalue weighted by Crippen LogP contribution is -2.54. The van der Waals surface area contributed by atoms with Gasteiger partial charge in [0, 0.05) is 32.7 Å². The SMILES string of the molecule is COc1ccc(OCCN2CCN(C(=O)[C@H](C)NC(=O)OCc3ccccc3)CC2)cc1. The molecule has 3 rings (SSSR count). The standard InChI is InChI=1S/C24H31N3O5/c1-19(25-24(29)32-18-20-6-4-3-5-7-20)23(28)27-14-12-26(13-15-27)16-17-31-22-10-8-21(30-2)9-11-22/h3-11,19H,12-18H2,1-2H3,(H,25,29)/t19-/m0/s1. The molecule has 172 valence electrons. The monoisotopic (exact) mass is 441 g/mol. The number of carbonyl (C=O) groups excluding carboxylic acids is 2. The minimum Gasteiger partial charge on any atom is -0.497 e. The van der Waals surface area contributed by atoms with Crippen LogP contribution in [0.1, 0.15) is 12.5 Å². The van der Waals surface area contributed by atoms with Gasteiger partial charge < -0.3 is 24.4 Å². The van der Waals surface area contributed by atoms with Crippen molar-refractivity contribution in [2.45, 2.75) is 19.6 Å². The van der Waals surface area contributed by atoms with E-state index in [9.17, 15) is 9.59 Å². The highest BCUT2D eigenvalue weighted by Crippen LogP contribution is 2.17. The van der Waals surface area contributed by atoms with Gasteiger partial charge in [-0.15, -0.1) is 0 Å². The van der Waals surface area contributed by atoms with Crippen LogP contribution in [-0.2, 0) is 16.1 Å². The Morgan fingerprint density at radius 2 is 1.62 bits per heavy atom. The Morgan fingerprint density at radius 1 is 0.969 bits per heavy atom. The molecular formula is C24H31N3O5. The summed E-state index contributed by atoms with van der Waals surface area (Å²) in [7, 11) is 1.63. The molecule has 1 atom stereocenters. The molecule has 0 unspecified atom stereocenters. The van der Waals surface area contributed by atoms with E-state index in [0.29, 0.717) is 19.7 Å². The molecule has 0 radical (unpaired) electrons. The second-order valence-corrected chi connectivity index (χ2v) is 7.62. The molecule has 0 saturated carbocycles. The highest BCUT2D eigenvalue weighted by molar-refractivity contribution is 5.85. The summed E-state index contributed by atoms with van der Waals surface area (Å²) < 4.78 is 16.1. The van der Waals surface area contributed by atoms with Crippen molar-refractivity contribution >= 4 is 12.0 Å². The van der Waals surface area contributed by atoms with Crippen LogP contribution >= 0.6 is 0 Å². The maximum atomic E-state index is 12.7. The molecule has 0 spiro atoms. The number of ether oxygens (including phenoxy) is 3. The Balaban J connectivity index is 1.32. The molecular weight excluding hydrogens is 410 g/mol. The van der Waals surface area contributed by atoms with Crippen LogP contribution in [0, 0.1) is 0 Å². The summed E-state index contributed by atoms with van der Waals surface area (Å²) in [6, 6.07) is 16.3. The fraction of sp³-hybridized carbons (Fsp3) is 0.417. The Labute approximate surface area is 189 Å². The lowest BCUT2D eigenvalue weighted by Gasteiger charge is -2.35. The number of nitrogens with zero attached hydrogens (tertiary/aromatic N) is 2. The van der Waals surface area contributed by atoms with E-state index in [4.69, 9.17) is 14.2 Å². The van der Waals surface area contributed by atoms with E-state index in [1.165, 1.54) is 0 Å².